The molecule has 0 spiro atoms. The summed E-state index contributed by atoms with van der Waals surface area (Å²) in [7, 11) is 0. The SMILES string of the molecule is CC1OCC(NC(=O)OC(C)(C)C)(c2ccccc2F)C1C(O)C(F)(F)F. The lowest BCUT2D eigenvalue weighted by Crippen LogP contribution is -2.58. The molecule has 152 valence electrons. The first-order valence-corrected chi connectivity index (χ1v) is 8.40. The highest BCUT2D eigenvalue weighted by Crippen LogP contribution is 2.46. The van der Waals surface area contributed by atoms with Crippen LogP contribution in [0, 0.1) is 11.7 Å². The molecular formula is C18H23F4NO4. The molecule has 2 rings (SSSR count). The Kier molecular flexibility index (Phi) is 5.77. The summed E-state index contributed by atoms with van der Waals surface area (Å²) in [6.07, 6.45) is -9.97. The van der Waals surface area contributed by atoms with Crippen LogP contribution in [0.2, 0.25) is 0 Å². The second-order valence-electron chi connectivity index (χ2n) is 7.61. The van der Waals surface area contributed by atoms with E-state index in [1.165, 1.54) is 25.1 Å². The number of benzene rings is 1. The number of hydrogen-bond acceptors (Lipinski definition) is 4. The van der Waals surface area contributed by atoms with Crippen LogP contribution < -0.4 is 5.32 Å². The largest absolute Gasteiger partial charge is 0.444 e. The highest BCUT2D eigenvalue weighted by Gasteiger charge is 2.60. The number of carbonyl (C=O) groups is 1. The van der Waals surface area contributed by atoms with Crippen LogP contribution in [-0.4, -0.2) is 41.8 Å². The summed E-state index contributed by atoms with van der Waals surface area (Å²) in [6, 6.07) is 5.11. The summed E-state index contributed by atoms with van der Waals surface area (Å²) in [5.41, 5.74) is -3.10. The first-order valence-electron chi connectivity index (χ1n) is 8.40. The van der Waals surface area contributed by atoms with E-state index >= 15 is 0 Å². The van der Waals surface area contributed by atoms with Crippen LogP contribution in [0.4, 0.5) is 22.4 Å². The van der Waals surface area contributed by atoms with Gasteiger partial charge < -0.3 is 19.9 Å². The predicted molar refractivity (Wildman–Crippen MR) is 88.4 cm³/mol. The van der Waals surface area contributed by atoms with E-state index in [9.17, 15) is 27.5 Å². The Bertz CT molecular complexity index is 689. The number of alkyl halides is 3. The van der Waals surface area contributed by atoms with Crippen molar-refractivity contribution in [3.8, 4) is 0 Å². The van der Waals surface area contributed by atoms with Crippen LogP contribution in [0.3, 0.4) is 0 Å². The van der Waals surface area contributed by atoms with Gasteiger partial charge in [0.25, 0.3) is 0 Å². The third kappa shape index (κ3) is 4.52. The highest BCUT2D eigenvalue weighted by atomic mass is 19.4. The van der Waals surface area contributed by atoms with Crippen molar-refractivity contribution in [1.29, 1.82) is 0 Å². The molecule has 1 aliphatic heterocycles. The van der Waals surface area contributed by atoms with Crippen LogP contribution in [0.25, 0.3) is 0 Å². The maximum absolute atomic E-state index is 14.5. The minimum absolute atomic E-state index is 0.214. The fourth-order valence-corrected chi connectivity index (χ4v) is 3.35. The molecule has 4 unspecified atom stereocenters. The number of aliphatic hydroxyl groups is 1. The first-order chi connectivity index (χ1) is 12.3. The summed E-state index contributed by atoms with van der Waals surface area (Å²) < 4.78 is 64.9. The summed E-state index contributed by atoms with van der Waals surface area (Å²) >= 11 is 0. The zero-order valence-electron chi connectivity index (χ0n) is 15.4. The van der Waals surface area contributed by atoms with Gasteiger partial charge in [-0.2, -0.15) is 13.2 Å². The average Bonchev–Trinajstić information content (AvgIpc) is 2.81. The van der Waals surface area contributed by atoms with Gasteiger partial charge >= 0.3 is 12.3 Å². The Hall–Kier alpha value is -1.87. The van der Waals surface area contributed by atoms with Gasteiger partial charge in [0, 0.05) is 11.5 Å². The van der Waals surface area contributed by atoms with Gasteiger partial charge in [0.1, 0.15) is 17.0 Å². The second-order valence-corrected chi connectivity index (χ2v) is 7.61. The van der Waals surface area contributed by atoms with Crippen molar-refractivity contribution in [1.82, 2.24) is 5.32 Å². The number of nitrogens with one attached hydrogen (secondary N) is 1. The number of alkyl carbamates (subject to hydrolysis) is 1. The molecule has 1 amide bonds. The van der Waals surface area contributed by atoms with E-state index in [-0.39, 0.29) is 5.56 Å². The molecule has 0 bridgehead atoms. The number of amides is 1. The quantitative estimate of drug-likeness (QED) is 0.772. The molecule has 1 aromatic rings. The number of aliphatic hydroxyl groups excluding tert-OH is 1. The molecule has 5 nitrogen and oxygen atoms in total. The minimum Gasteiger partial charge on any atom is -0.444 e. The van der Waals surface area contributed by atoms with Crippen LogP contribution in [-0.2, 0) is 15.0 Å². The number of carbonyl (C=O) groups excluding carboxylic acids is 1. The third-order valence-electron chi connectivity index (χ3n) is 4.40. The Balaban J connectivity index is 2.56. The van der Waals surface area contributed by atoms with Crippen LogP contribution in [0.5, 0.6) is 0 Å². The highest BCUT2D eigenvalue weighted by molar-refractivity contribution is 5.69. The van der Waals surface area contributed by atoms with Crippen LogP contribution in [0.1, 0.15) is 33.3 Å². The molecule has 4 atom stereocenters. The molecule has 1 saturated heterocycles. The van der Waals surface area contributed by atoms with E-state index in [2.05, 4.69) is 5.32 Å². The van der Waals surface area contributed by atoms with Gasteiger partial charge in [-0.3, -0.25) is 0 Å². The first kappa shape index (κ1) is 21.4. The van der Waals surface area contributed by atoms with Crippen molar-refractivity contribution in [3.63, 3.8) is 0 Å². The number of ether oxygens (including phenoxy) is 2. The molecule has 9 heteroatoms. The third-order valence-corrected chi connectivity index (χ3v) is 4.40. The number of halogens is 4. The van der Waals surface area contributed by atoms with E-state index in [0.717, 1.165) is 6.07 Å². The molecule has 1 aliphatic rings. The zero-order valence-corrected chi connectivity index (χ0v) is 15.4. The molecule has 1 aromatic carbocycles. The van der Waals surface area contributed by atoms with Crippen molar-refractivity contribution in [2.45, 2.75) is 57.2 Å². The Labute approximate surface area is 154 Å². The fraction of sp³-hybridized carbons (Fsp3) is 0.611. The lowest BCUT2D eigenvalue weighted by molar-refractivity contribution is -0.228. The van der Waals surface area contributed by atoms with Crippen molar-refractivity contribution < 1.29 is 36.9 Å². The average molecular weight is 393 g/mol. The van der Waals surface area contributed by atoms with E-state index in [1.807, 2.05) is 0 Å². The van der Waals surface area contributed by atoms with Gasteiger partial charge in [-0.15, -0.1) is 0 Å². The Morgan fingerprint density at radius 2 is 1.93 bits per heavy atom. The normalized spacial score (nSPS) is 27.3. The lowest BCUT2D eigenvalue weighted by Gasteiger charge is -2.39. The number of hydrogen-bond donors (Lipinski definition) is 2. The Morgan fingerprint density at radius 3 is 2.44 bits per heavy atom. The standard InChI is InChI=1S/C18H23F4NO4/c1-10-13(14(24)18(20,21)22)17(9-26-10,11-7-5-6-8-12(11)19)23-15(25)27-16(2,3)4/h5-8,10,13-14,24H,9H2,1-4H3,(H,23,25). The van der Waals surface area contributed by atoms with Crippen molar-refractivity contribution in [2.75, 3.05) is 6.61 Å². The van der Waals surface area contributed by atoms with Crippen LogP contribution >= 0.6 is 0 Å². The molecule has 1 fully saturated rings. The summed E-state index contributed by atoms with van der Waals surface area (Å²) in [6.45, 7) is 5.62. The van der Waals surface area contributed by atoms with Gasteiger partial charge in [-0.05, 0) is 33.8 Å². The van der Waals surface area contributed by atoms with Gasteiger partial charge in [-0.25, -0.2) is 9.18 Å². The molecule has 0 saturated carbocycles. The zero-order chi connectivity index (χ0) is 20.6. The molecule has 27 heavy (non-hydrogen) atoms. The maximum atomic E-state index is 14.5. The van der Waals surface area contributed by atoms with Gasteiger partial charge in [0.05, 0.1) is 12.7 Å². The van der Waals surface area contributed by atoms with E-state index in [4.69, 9.17) is 9.47 Å². The predicted octanol–water partition coefficient (Wildman–Crippen LogP) is 3.50. The summed E-state index contributed by atoms with van der Waals surface area (Å²) in [5, 5.41) is 12.3. The Morgan fingerprint density at radius 1 is 1.33 bits per heavy atom. The van der Waals surface area contributed by atoms with Crippen molar-refractivity contribution >= 4 is 6.09 Å². The molecule has 2 N–H and O–H groups in total. The van der Waals surface area contributed by atoms with Gasteiger partial charge in [0.15, 0.2) is 6.10 Å². The molecule has 1 heterocycles. The fourth-order valence-electron chi connectivity index (χ4n) is 3.35. The van der Waals surface area contributed by atoms with Crippen LogP contribution in [0.15, 0.2) is 24.3 Å². The minimum atomic E-state index is -4.99. The van der Waals surface area contributed by atoms with E-state index in [1.54, 1.807) is 20.8 Å². The second kappa shape index (κ2) is 7.27. The topological polar surface area (TPSA) is 67.8 Å². The van der Waals surface area contributed by atoms with Gasteiger partial charge in [-0.1, -0.05) is 18.2 Å². The van der Waals surface area contributed by atoms with Gasteiger partial charge in [0.2, 0.25) is 0 Å². The molecule has 0 radical (unpaired) electrons. The molecule has 0 aliphatic carbocycles. The van der Waals surface area contributed by atoms with E-state index < -0.39 is 54.0 Å². The lowest BCUT2D eigenvalue weighted by atomic mass is 9.74. The van der Waals surface area contributed by atoms with E-state index in [0.29, 0.717) is 0 Å². The van der Waals surface area contributed by atoms with Crippen molar-refractivity contribution in [3.05, 3.63) is 35.6 Å². The molecular weight excluding hydrogens is 370 g/mol. The monoisotopic (exact) mass is 393 g/mol. The summed E-state index contributed by atoms with van der Waals surface area (Å²) in [5.74, 6) is -2.51. The number of rotatable bonds is 3. The summed E-state index contributed by atoms with van der Waals surface area (Å²) in [4.78, 5) is 12.4. The van der Waals surface area contributed by atoms with Crippen molar-refractivity contribution in [2.24, 2.45) is 5.92 Å². The maximum Gasteiger partial charge on any atom is 0.414 e. The smallest absolute Gasteiger partial charge is 0.414 e. The molecule has 0 aromatic heterocycles.